The molecule has 0 aromatic heterocycles. The van der Waals surface area contributed by atoms with E-state index in [0.29, 0.717) is 140 Å². The smallest absolute Gasteiger partial charge is 0.394 e. The van der Waals surface area contributed by atoms with E-state index in [1.54, 1.807) is 0 Å². The number of halogens is 26. The highest BCUT2D eigenvalue weighted by Gasteiger charge is 2.53. The van der Waals surface area contributed by atoms with Crippen molar-refractivity contribution in [1.82, 2.24) is 0 Å². The topological polar surface area (TPSA) is 141 Å². The summed E-state index contributed by atoms with van der Waals surface area (Å²) in [6.07, 6.45) is -31.5. The normalized spacial score (nSPS) is 14.0. The molecule has 1 aliphatic carbocycles. The van der Waals surface area contributed by atoms with Gasteiger partial charge in [0.1, 0.15) is 62.3 Å². The Morgan fingerprint density at radius 1 is 0.254 bits per heavy atom. The number of alkyl halides is 26. The predicted octanol–water partition coefficient (Wildman–Crippen LogP) is 23.4. The van der Waals surface area contributed by atoms with Gasteiger partial charge in [0, 0.05) is 77.5 Å². The molecule has 0 spiro atoms. The molecule has 8 nitrogen and oxygen atoms in total. The number of benzene rings is 4. The average molecular weight is 1810 g/mol. The second kappa shape index (κ2) is 46.5. The lowest BCUT2D eigenvalue weighted by Gasteiger charge is -2.25. The summed E-state index contributed by atoms with van der Waals surface area (Å²) in [6.45, 7) is 0.171. The highest BCUT2D eigenvalue weighted by atomic mass is 32.2. The van der Waals surface area contributed by atoms with Crippen LogP contribution in [0.2, 0.25) is 0 Å². The van der Waals surface area contributed by atoms with Crippen LogP contribution in [0.3, 0.4) is 0 Å². The quantitative estimate of drug-likeness (QED) is 0.0218. The van der Waals surface area contributed by atoms with Crippen molar-refractivity contribution < 1.29 is 133 Å². The number of ether oxygens (including phenoxy) is 4. The number of rotatable bonds is 56. The molecular formula is C80H106F26N4O4S4. The van der Waals surface area contributed by atoms with Crippen molar-refractivity contribution in [3.63, 3.8) is 0 Å². The van der Waals surface area contributed by atoms with Gasteiger partial charge in [-0.25, -0.2) is 87.8 Å². The molecule has 676 valence electrons. The third-order valence-corrected chi connectivity index (χ3v) is 22.7. The largest absolute Gasteiger partial charge is 0.492 e. The Balaban J connectivity index is 1.70. The van der Waals surface area contributed by atoms with Crippen molar-refractivity contribution in [3.05, 3.63) is 115 Å². The molecule has 5 rings (SSSR count). The van der Waals surface area contributed by atoms with E-state index >= 15 is 0 Å². The molecule has 118 heavy (non-hydrogen) atoms. The fourth-order valence-corrected chi connectivity index (χ4v) is 17.8. The summed E-state index contributed by atoms with van der Waals surface area (Å²) in [6, 6.07) is 15.0. The Labute approximate surface area is 689 Å². The second-order valence-corrected chi connectivity index (χ2v) is 35.3. The van der Waals surface area contributed by atoms with Crippen molar-refractivity contribution >= 4 is 47.0 Å². The lowest BCUT2D eigenvalue weighted by molar-refractivity contribution is -0.208. The average Bonchev–Trinajstić information content (AvgIpc) is 0.770. The third-order valence-electron chi connectivity index (χ3n) is 18.2. The fourth-order valence-electron chi connectivity index (χ4n) is 14.0. The summed E-state index contributed by atoms with van der Waals surface area (Å²) < 4.78 is 390. The Hall–Kier alpha value is -4.50. The molecule has 0 aliphatic heterocycles. The Bertz CT molecular complexity index is 3450. The minimum absolute atomic E-state index is 0.00167. The minimum Gasteiger partial charge on any atom is -0.492 e. The van der Waals surface area contributed by atoms with Crippen LogP contribution < -0.4 is 41.9 Å². The summed E-state index contributed by atoms with van der Waals surface area (Å²) in [5.74, 6) is -40.3. The van der Waals surface area contributed by atoms with Crippen LogP contribution in [0.4, 0.5) is 114 Å². The first-order chi connectivity index (χ1) is 54.6. The third kappa shape index (κ3) is 41.3. The van der Waals surface area contributed by atoms with E-state index in [-0.39, 0.29) is 152 Å². The zero-order chi connectivity index (χ0) is 88.2. The van der Waals surface area contributed by atoms with Crippen LogP contribution in [0.25, 0.3) is 0 Å². The standard InChI is InChI=1S/C80H106F26N4O4S4/c1-69(81,82)45-75(93,94)49-73(89,90)15-31-117-27-5-11-55-37-61-42-59-35-53(9-3-25-115-29-7-13-71(85,86)47-77(97,98)51-79(101,102)103)33-57(65(59)111-21-17-107)41-58-34-54(10-4-26-116-30-8-14-72(87,88)48-78(99,100)52-80(104,105)106)36-60(66(58)112-22-18-108)43-62-38-56(12-6-28-118-32-16-74(91,92)50-76(95,96)46-70(2,83)84)40-64(68(62)114-24-20-110)44-63(39-55)67(61)113-23-19-109/h33-40H,3-32,41-52,107-110H2,1-2H3. The SMILES string of the molecule is CC(F)(F)CC(F)(F)CC(F)(F)CCSCCCc1cc2c(OCCN)c(c1)Cc1cc(CCCSCCC(F)(F)CC(F)(F)CC(C)(F)F)cc(c1OCCN)Cc1cc(CCCSCCCC(F)(F)CC(F)(F)CC(F)(F)F)cc(c1OCCN)Cc1cc(CCCSCCCC(F)(F)CC(F)(F)CC(F)(F)F)cc(c1OCCN)C2. The molecule has 0 heterocycles. The van der Waals surface area contributed by atoms with Gasteiger partial charge in [-0.1, -0.05) is 48.5 Å². The second-order valence-electron chi connectivity index (χ2n) is 30.4. The van der Waals surface area contributed by atoms with Crippen molar-refractivity contribution in [2.75, 3.05) is 98.6 Å². The monoisotopic (exact) mass is 1810 g/mol. The molecule has 0 fully saturated rings. The van der Waals surface area contributed by atoms with Crippen molar-refractivity contribution in [2.24, 2.45) is 22.9 Å². The maximum absolute atomic E-state index is 15.0. The zero-order valence-corrected chi connectivity index (χ0v) is 69.0. The molecule has 4 aromatic rings. The van der Waals surface area contributed by atoms with E-state index in [0.717, 1.165) is 23.5 Å². The van der Waals surface area contributed by atoms with E-state index in [1.807, 2.05) is 48.5 Å². The molecular weight excluding hydrogens is 1700 g/mol. The summed E-state index contributed by atoms with van der Waals surface area (Å²) in [7, 11) is 0. The number of hydrogen-bond donors (Lipinski definition) is 4. The highest BCUT2D eigenvalue weighted by Crippen LogP contribution is 2.48. The molecule has 0 radical (unpaired) electrons. The van der Waals surface area contributed by atoms with E-state index < -0.39 is 149 Å². The van der Waals surface area contributed by atoms with Gasteiger partial charge in [-0.15, -0.1) is 0 Å². The summed E-state index contributed by atoms with van der Waals surface area (Å²) >= 11 is 4.47. The zero-order valence-electron chi connectivity index (χ0n) is 65.7. The van der Waals surface area contributed by atoms with Gasteiger partial charge in [-0.3, -0.25) is 0 Å². The number of nitrogens with two attached hydrogens (primary N) is 4. The van der Waals surface area contributed by atoms with E-state index in [1.165, 1.54) is 23.5 Å². The van der Waals surface area contributed by atoms with E-state index in [4.69, 9.17) is 41.9 Å². The molecule has 4 aromatic carbocycles. The van der Waals surface area contributed by atoms with Crippen LogP contribution in [0.15, 0.2) is 48.5 Å². The number of aryl methyl sites for hydroxylation is 4. The molecule has 0 amide bonds. The number of fused-ring (bicyclic) bond motifs is 8. The van der Waals surface area contributed by atoms with Crippen LogP contribution in [0.1, 0.15) is 196 Å². The van der Waals surface area contributed by atoms with Gasteiger partial charge >= 0.3 is 12.4 Å². The first kappa shape index (κ1) is 104. The van der Waals surface area contributed by atoms with Crippen LogP contribution in [-0.4, -0.2) is 170 Å². The molecule has 38 heteroatoms. The van der Waals surface area contributed by atoms with E-state index in [2.05, 4.69) is 0 Å². The van der Waals surface area contributed by atoms with Crippen molar-refractivity contribution in [2.45, 2.75) is 252 Å². The van der Waals surface area contributed by atoms with Gasteiger partial charge < -0.3 is 41.9 Å². The van der Waals surface area contributed by atoms with Gasteiger partial charge in [0.25, 0.3) is 59.2 Å². The molecule has 8 N–H and O–H groups in total. The number of hydrogen-bond acceptors (Lipinski definition) is 12. The van der Waals surface area contributed by atoms with Crippen LogP contribution in [0, 0.1) is 0 Å². The summed E-state index contributed by atoms with van der Waals surface area (Å²) in [4.78, 5) is 0. The first-order valence-electron chi connectivity index (χ1n) is 38.8. The maximum Gasteiger partial charge on any atom is 0.394 e. The maximum atomic E-state index is 15.0. The van der Waals surface area contributed by atoms with Gasteiger partial charge in [-0.05, 0) is 191 Å². The molecule has 0 atom stereocenters. The van der Waals surface area contributed by atoms with Gasteiger partial charge in [0.15, 0.2) is 0 Å². The van der Waals surface area contributed by atoms with Crippen LogP contribution in [0.5, 0.6) is 23.0 Å². The van der Waals surface area contributed by atoms with Gasteiger partial charge in [0.05, 0.1) is 38.5 Å². The van der Waals surface area contributed by atoms with Crippen molar-refractivity contribution in [3.8, 4) is 23.0 Å². The number of thioether (sulfide) groups is 4. The van der Waals surface area contributed by atoms with Gasteiger partial charge in [-0.2, -0.15) is 73.4 Å². The minimum atomic E-state index is -5.39. The Kier molecular flexibility index (Phi) is 41.0. The lowest BCUT2D eigenvalue weighted by atomic mass is 9.87. The summed E-state index contributed by atoms with van der Waals surface area (Å²) in [5.41, 5.74) is 31.8. The molecule has 0 unspecified atom stereocenters. The van der Waals surface area contributed by atoms with Crippen molar-refractivity contribution in [1.29, 1.82) is 0 Å². The molecule has 1 aliphatic rings. The first-order valence-corrected chi connectivity index (χ1v) is 43.4. The summed E-state index contributed by atoms with van der Waals surface area (Å²) in [5, 5.41) is 0. The Morgan fingerprint density at radius 3 is 0.653 bits per heavy atom. The molecule has 0 saturated carbocycles. The highest BCUT2D eigenvalue weighted by molar-refractivity contribution is 7.99. The fraction of sp³-hybridized carbons (Fsp3) is 0.700. The molecule has 8 bridgehead atoms. The lowest BCUT2D eigenvalue weighted by Crippen LogP contribution is -2.34. The van der Waals surface area contributed by atoms with E-state index in [9.17, 15) is 114 Å². The van der Waals surface area contributed by atoms with Gasteiger partial charge in [0.2, 0.25) is 0 Å². The predicted molar refractivity (Wildman–Crippen MR) is 415 cm³/mol. The Morgan fingerprint density at radius 2 is 0.449 bits per heavy atom. The molecule has 0 saturated heterocycles. The van der Waals surface area contributed by atoms with Crippen LogP contribution in [-0.2, 0) is 51.4 Å². The van der Waals surface area contributed by atoms with Crippen LogP contribution >= 0.6 is 47.0 Å².